The predicted molar refractivity (Wildman–Crippen MR) is 82.3 cm³/mol. The number of hydrogen-bond donors (Lipinski definition) is 2. The number of rotatable bonds is 6. The van der Waals surface area contributed by atoms with E-state index in [-0.39, 0.29) is 17.5 Å². The number of nitrogens with one attached hydrogen (secondary N) is 1. The molecule has 5 heteroatoms. The van der Waals surface area contributed by atoms with Crippen molar-refractivity contribution >= 4 is 10.0 Å². The van der Waals surface area contributed by atoms with Crippen LogP contribution < -0.4 is 4.72 Å². The van der Waals surface area contributed by atoms with E-state index in [1.54, 1.807) is 18.2 Å². The van der Waals surface area contributed by atoms with Gasteiger partial charge in [-0.15, -0.1) is 0 Å². The fourth-order valence-electron chi connectivity index (χ4n) is 2.23. The van der Waals surface area contributed by atoms with Crippen molar-refractivity contribution in [3.05, 3.63) is 65.7 Å². The van der Waals surface area contributed by atoms with Crippen molar-refractivity contribution in [2.45, 2.75) is 30.9 Å². The summed E-state index contributed by atoms with van der Waals surface area (Å²) in [6.07, 6.45) is 0.612. The molecular weight excluding hydrogens is 286 g/mol. The molecule has 0 fully saturated rings. The van der Waals surface area contributed by atoms with Gasteiger partial charge in [0.2, 0.25) is 10.0 Å². The molecule has 0 aliphatic heterocycles. The molecule has 1 unspecified atom stereocenters. The fourth-order valence-corrected chi connectivity index (χ4v) is 3.71. The molecule has 0 radical (unpaired) electrons. The lowest BCUT2D eigenvalue weighted by Crippen LogP contribution is -2.34. The first-order valence-corrected chi connectivity index (χ1v) is 8.26. The first-order chi connectivity index (χ1) is 10.0. The van der Waals surface area contributed by atoms with Gasteiger partial charge in [0.15, 0.2) is 0 Å². The van der Waals surface area contributed by atoms with E-state index in [1.807, 2.05) is 37.3 Å². The SMILES string of the molecule is CC(Cc1ccccc1)NS(=O)(=O)c1ccccc1CO. The minimum atomic E-state index is -3.63. The molecule has 0 amide bonds. The van der Waals surface area contributed by atoms with Gasteiger partial charge >= 0.3 is 0 Å². The normalized spacial score (nSPS) is 13.0. The molecule has 21 heavy (non-hydrogen) atoms. The highest BCUT2D eigenvalue weighted by molar-refractivity contribution is 7.89. The van der Waals surface area contributed by atoms with Gasteiger partial charge in [0.1, 0.15) is 0 Å². The zero-order valence-corrected chi connectivity index (χ0v) is 12.7. The third kappa shape index (κ3) is 4.14. The highest BCUT2D eigenvalue weighted by Gasteiger charge is 2.20. The van der Waals surface area contributed by atoms with Gasteiger partial charge in [-0.05, 0) is 30.5 Å². The number of sulfonamides is 1. The Balaban J connectivity index is 2.14. The Hall–Kier alpha value is -1.69. The van der Waals surface area contributed by atoms with Gasteiger partial charge < -0.3 is 5.11 Å². The van der Waals surface area contributed by atoms with Crippen molar-refractivity contribution in [2.75, 3.05) is 0 Å². The summed E-state index contributed by atoms with van der Waals surface area (Å²) in [5, 5.41) is 9.26. The van der Waals surface area contributed by atoms with Crippen LogP contribution in [0.1, 0.15) is 18.1 Å². The van der Waals surface area contributed by atoms with Crippen LogP contribution in [-0.4, -0.2) is 19.6 Å². The van der Waals surface area contributed by atoms with E-state index in [0.717, 1.165) is 5.56 Å². The maximum atomic E-state index is 12.4. The van der Waals surface area contributed by atoms with E-state index < -0.39 is 10.0 Å². The van der Waals surface area contributed by atoms with Crippen molar-refractivity contribution in [1.29, 1.82) is 0 Å². The van der Waals surface area contributed by atoms with Gasteiger partial charge in [-0.3, -0.25) is 0 Å². The Kier molecular flexibility index (Phi) is 5.12. The van der Waals surface area contributed by atoms with Crippen LogP contribution in [0.25, 0.3) is 0 Å². The smallest absolute Gasteiger partial charge is 0.241 e. The van der Waals surface area contributed by atoms with E-state index >= 15 is 0 Å². The van der Waals surface area contributed by atoms with Crippen LogP contribution in [0, 0.1) is 0 Å². The van der Waals surface area contributed by atoms with E-state index in [4.69, 9.17) is 0 Å². The standard InChI is InChI=1S/C16H19NO3S/c1-13(11-14-7-3-2-4-8-14)17-21(19,20)16-10-6-5-9-15(16)12-18/h2-10,13,17-18H,11-12H2,1H3. The zero-order valence-electron chi connectivity index (χ0n) is 11.9. The third-order valence-corrected chi connectivity index (χ3v) is 4.86. The minimum Gasteiger partial charge on any atom is -0.392 e. The van der Waals surface area contributed by atoms with Crippen LogP contribution in [0.4, 0.5) is 0 Å². The highest BCUT2D eigenvalue weighted by atomic mass is 32.2. The summed E-state index contributed by atoms with van der Waals surface area (Å²) in [5.41, 5.74) is 1.47. The van der Waals surface area contributed by atoms with E-state index in [9.17, 15) is 13.5 Å². The number of aliphatic hydroxyl groups is 1. The highest BCUT2D eigenvalue weighted by Crippen LogP contribution is 2.16. The molecule has 112 valence electrons. The lowest BCUT2D eigenvalue weighted by molar-refractivity contribution is 0.278. The van der Waals surface area contributed by atoms with Crippen LogP contribution in [0.5, 0.6) is 0 Å². The van der Waals surface area contributed by atoms with Crippen LogP contribution in [0.2, 0.25) is 0 Å². The van der Waals surface area contributed by atoms with Gasteiger partial charge in [0.05, 0.1) is 11.5 Å². The molecule has 0 saturated heterocycles. The maximum Gasteiger partial charge on any atom is 0.241 e. The molecule has 1 atom stereocenters. The Morgan fingerprint density at radius 3 is 2.33 bits per heavy atom. The number of benzene rings is 2. The van der Waals surface area contributed by atoms with Crippen molar-refractivity contribution < 1.29 is 13.5 Å². The topological polar surface area (TPSA) is 66.4 Å². The van der Waals surface area contributed by atoms with Gasteiger partial charge in [-0.2, -0.15) is 0 Å². The molecule has 0 aliphatic carbocycles. The van der Waals surface area contributed by atoms with E-state index in [2.05, 4.69) is 4.72 Å². The van der Waals surface area contributed by atoms with Gasteiger partial charge in [-0.25, -0.2) is 13.1 Å². The van der Waals surface area contributed by atoms with E-state index in [1.165, 1.54) is 6.07 Å². The molecule has 0 bridgehead atoms. The summed E-state index contributed by atoms with van der Waals surface area (Å²) in [7, 11) is -3.63. The molecule has 0 heterocycles. The predicted octanol–water partition coefficient (Wildman–Crippen LogP) is 2.09. The second-order valence-electron chi connectivity index (χ2n) is 4.98. The summed E-state index contributed by atoms with van der Waals surface area (Å²) in [5.74, 6) is 0. The minimum absolute atomic E-state index is 0.132. The Morgan fingerprint density at radius 1 is 1.05 bits per heavy atom. The zero-order chi connectivity index (χ0) is 15.3. The fraction of sp³-hybridized carbons (Fsp3) is 0.250. The molecule has 0 saturated carbocycles. The summed E-state index contributed by atoms with van der Waals surface area (Å²) in [4.78, 5) is 0.132. The Labute approximate surface area is 125 Å². The second kappa shape index (κ2) is 6.85. The van der Waals surface area contributed by atoms with Gasteiger partial charge in [0, 0.05) is 6.04 Å². The molecule has 0 aliphatic rings. The Bertz CT molecular complexity index is 684. The quantitative estimate of drug-likeness (QED) is 0.859. The third-order valence-electron chi connectivity index (χ3n) is 3.17. The lowest BCUT2D eigenvalue weighted by Gasteiger charge is -2.16. The average Bonchev–Trinajstić information content (AvgIpc) is 2.47. The first-order valence-electron chi connectivity index (χ1n) is 6.78. The summed E-state index contributed by atoms with van der Waals surface area (Å²) >= 11 is 0. The van der Waals surface area contributed by atoms with Crippen molar-refractivity contribution in [2.24, 2.45) is 0 Å². The lowest BCUT2D eigenvalue weighted by atomic mass is 10.1. The number of hydrogen-bond acceptors (Lipinski definition) is 3. The van der Waals surface area contributed by atoms with Crippen LogP contribution in [-0.2, 0) is 23.1 Å². The van der Waals surface area contributed by atoms with Gasteiger partial charge in [0.25, 0.3) is 0 Å². The molecule has 0 spiro atoms. The molecule has 2 aromatic rings. The first kappa shape index (κ1) is 15.7. The largest absolute Gasteiger partial charge is 0.392 e. The maximum absolute atomic E-state index is 12.4. The monoisotopic (exact) mass is 305 g/mol. The molecule has 2 N–H and O–H groups in total. The van der Waals surface area contributed by atoms with Crippen molar-refractivity contribution in [1.82, 2.24) is 4.72 Å². The summed E-state index contributed by atoms with van der Waals surface area (Å²) in [6.45, 7) is 1.52. The van der Waals surface area contributed by atoms with Crippen molar-refractivity contribution in [3.8, 4) is 0 Å². The van der Waals surface area contributed by atoms with Crippen LogP contribution >= 0.6 is 0 Å². The molecular formula is C16H19NO3S. The summed E-state index contributed by atoms with van der Waals surface area (Å²) < 4.78 is 27.4. The van der Waals surface area contributed by atoms with Crippen molar-refractivity contribution in [3.63, 3.8) is 0 Å². The van der Waals surface area contributed by atoms with Crippen LogP contribution in [0.3, 0.4) is 0 Å². The molecule has 0 aromatic heterocycles. The Morgan fingerprint density at radius 2 is 1.67 bits per heavy atom. The van der Waals surface area contributed by atoms with Gasteiger partial charge in [-0.1, -0.05) is 48.5 Å². The molecule has 2 rings (SSSR count). The summed E-state index contributed by atoms with van der Waals surface area (Å²) in [6, 6.07) is 15.9. The average molecular weight is 305 g/mol. The van der Waals surface area contributed by atoms with Crippen LogP contribution in [0.15, 0.2) is 59.5 Å². The number of aliphatic hydroxyl groups excluding tert-OH is 1. The molecule has 2 aromatic carbocycles. The molecule has 4 nitrogen and oxygen atoms in total. The second-order valence-corrected chi connectivity index (χ2v) is 6.66. The van der Waals surface area contributed by atoms with E-state index in [0.29, 0.717) is 12.0 Å².